The first-order valence-corrected chi connectivity index (χ1v) is 5.65. The van der Waals surface area contributed by atoms with Gasteiger partial charge in [0.25, 0.3) is 0 Å². The number of benzene rings is 1. The Balaban J connectivity index is 2.78. The monoisotopic (exact) mass is 246 g/mol. The lowest BCUT2D eigenvalue weighted by molar-refractivity contribution is -0.138. The van der Waals surface area contributed by atoms with Crippen LogP contribution in [0.2, 0.25) is 0 Å². The van der Waals surface area contributed by atoms with Gasteiger partial charge >= 0.3 is 6.18 Å². The summed E-state index contributed by atoms with van der Waals surface area (Å²) in [6.45, 7) is 3.70. The van der Waals surface area contributed by atoms with Crippen molar-refractivity contribution >= 4 is 0 Å². The molecule has 17 heavy (non-hydrogen) atoms. The first-order chi connectivity index (χ1) is 7.82. The molecule has 1 unspecified atom stereocenters. The second kappa shape index (κ2) is 5.54. The minimum absolute atomic E-state index is 0.0630. The van der Waals surface area contributed by atoms with Gasteiger partial charge in [0, 0.05) is 0 Å². The van der Waals surface area contributed by atoms with Gasteiger partial charge in [0.1, 0.15) is 0 Å². The molecule has 96 valence electrons. The minimum atomic E-state index is -4.32. The van der Waals surface area contributed by atoms with Crippen molar-refractivity contribution in [2.75, 3.05) is 0 Å². The van der Waals surface area contributed by atoms with E-state index in [0.717, 1.165) is 6.07 Å². The third-order valence-electron chi connectivity index (χ3n) is 2.80. The van der Waals surface area contributed by atoms with E-state index in [0.29, 0.717) is 6.42 Å². The Morgan fingerprint density at radius 3 is 2.29 bits per heavy atom. The molecule has 1 N–H and O–H groups in total. The van der Waals surface area contributed by atoms with Gasteiger partial charge in [0.15, 0.2) is 0 Å². The molecule has 0 aliphatic carbocycles. The molecule has 0 aliphatic heterocycles. The van der Waals surface area contributed by atoms with Crippen LogP contribution < -0.4 is 0 Å². The highest BCUT2D eigenvalue weighted by atomic mass is 19.4. The first kappa shape index (κ1) is 14.0. The largest absolute Gasteiger partial charge is 0.416 e. The minimum Gasteiger partial charge on any atom is -0.393 e. The third kappa shape index (κ3) is 4.04. The molecular formula is C13H17F3O. The number of aryl methyl sites for hydroxylation is 1. The number of halogens is 3. The number of alkyl halides is 3. The van der Waals surface area contributed by atoms with Crippen molar-refractivity contribution in [3.63, 3.8) is 0 Å². The molecule has 0 saturated carbocycles. The van der Waals surface area contributed by atoms with Crippen molar-refractivity contribution in [3.8, 4) is 0 Å². The zero-order chi connectivity index (χ0) is 13.1. The van der Waals surface area contributed by atoms with Gasteiger partial charge in [-0.1, -0.05) is 32.0 Å². The number of hydrogen-bond donors (Lipinski definition) is 1. The maximum Gasteiger partial charge on any atom is 0.416 e. The van der Waals surface area contributed by atoms with Gasteiger partial charge in [-0.2, -0.15) is 13.2 Å². The zero-order valence-corrected chi connectivity index (χ0v) is 9.96. The maximum absolute atomic E-state index is 12.7. The summed E-state index contributed by atoms with van der Waals surface area (Å²) < 4.78 is 38.0. The average molecular weight is 246 g/mol. The van der Waals surface area contributed by atoms with Crippen molar-refractivity contribution in [1.82, 2.24) is 0 Å². The summed E-state index contributed by atoms with van der Waals surface area (Å²) in [5.74, 6) is 0.0630. The van der Waals surface area contributed by atoms with Gasteiger partial charge in [0.05, 0.1) is 11.7 Å². The molecule has 0 heterocycles. The summed E-state index contributed by atoms with van der Waals surface area (Å²) in [5, 5.41) is 9.60. The van der Waals surface area contributed by atoms with Crippen molar-refractivity contribution in [2.45, 2.75) is 39.0 Å². The molecule has 1 rings (SSSR count). The predicted molar refractivity (Wildman–Crippen MR) is 60.6 cm³/mol. The van der Waals surface area contributed by atoms with Crippen molar-refractivity contribution in [3.05, 3.63) is 35.4 Å². The molecule has 0 saturated heterocycles. The van der Waals surface area contributed by atoms with E-state index in [9.17, 15) is 18.3 Å². The molecule has 1 atom stereocenters. The summed E-state index contributed by atoms with van der Waals surface area (Å²) in [4.78, 5) is 0. The molecule has 0 amide bonds. The second-order valence-corrected chi connectivity index (χ2v) is 4.50. The Morgan fingerprint density at radius 2 is 1.76 bits per heavy atom. The standard InChI is InChI=1S/C13H17F3O/c1-9(2)12(17)8-7-10-5-3-4-6-11(10)13(14,15)16/h3-6,9,12,17H,7-8H2,1-2H3. The normalized spacial score (nSPS) is 14.1. The summed E-state index contributed by atoms with van der Waals surface area (Å²) in [6.07, 6.45) is -4.28. The summed E-state index contributed by atoms with van der Waals surface area (Å²) in [5.41, 5.74) is -0.351. The Kier molecular flexibility index (Phi) is 4.57. The Morgan fingerprint density at radius 1 is 1.18 bits per heavy atom. The van der Waals surface area contributed by atoms with E-state index in [4.69, 9.17) is 0 Å². The van der Waals surface area contributed by atoms with E-state index in [-0.39, 0.29) is 17.9 Å². The van der Waals surface area contributed by atoms with Crippen LogP contribution in [0.25, 0.3) is 0 Å². The number of hydrogen-bond acceptors (Lipinski definition) is 1. The SMILES string of the molecule is CC(C)C(O)CCc1ccccc1C(F)(F)F. The van der Waals surface area contributed by atoms with Gasteiger partial charge in [0.2, 0.25) is 0 Å². The lowest BCUT2D eigenvalue weighted by atomic mass is 9.96. The van der Waals surface area contributed by atoms with E-state index in [2.05, 4.69) is 0 Å². The fourth-order valence-corrected chi connectivity index (χ4v) is 1.65. The number of aliphatic hydroxyl groups excluding tert-OH is 1. The predicted octanol–water partition coefficient (Wildman–Crippen LogP) is 3.65. The van der Waals surface area contributed by atoms with Crippen LogP contribution in [0, 0.1) is 5.92 Å². The van der Waals surface area contributed by atoms with Crippen LogP contribution in [0.15, 0.2) is 24.3 Å². The molecule has 0 aliphatic rings. The molecular weight excluding hydrogens is 229 g/mol. The van der Waals surface area contributed by atoms with Crippen LogP contribution in [0.5, 0.6) is 0 Å². The van der Waals surface area contributed by atoms with E-state index in [1.165, 1.54) is 12.1 Å². The summed E-state index contributed by atoms with van der Waals surface area (Å²) in [7, 11) is 0. The number of rotatable bonds is 4. The molecule has 0 spiro atoms. The average Bonchev–Trinajstić information content (AvgIpc) is 2.24. The van der Waals surface area contributed by atoms with Crippen molar-refractivity contribution < 1.29 is 18.3 Å². The van der Waals surface area contributed by atoms with Gasteiger partial charge in [-0.25, -0.2) is 0 Å². The van der Waals surface area contributed by atoms with Crippen molar-refractivity contribution in [1.29, 1.82) is 0 Å². The Bertz CT molecular complexity index is 358. The van der Waals surface area contributed by atoms with E-state index < -0.39 is 17.8 Å². The fraction of sp³-hybridized carbons (Fsp3) is 0.538. The smallest absolute Gasteiger partial charge is 0.393 e. The zero-order valence-electron chi connectivity index (χ0n) is 9.96. The highest BCUT2D eigenvalue weighted by Gasteiger charge is 2.32. The van der Waals surface area contributed by atoms with Crippen molar-refractivity contribution in [2.24, 2.45) is 5.92 Å². The first-order valence-electron chi connectivity index (χ1n) is 5.65. The van der Waals surface area contributed by atoms with Crippen LogP contribution in [-0.4, -0.2) is 11.2 Å². The molecule has 1 nitrogen and oxygen atoms in total. The molecule has 0 radical (unpaired) electrons. The quantitative estimate of drug-likeness (QED) is 0.859. The topological polar surface area (TPSA) is 20.2 Å². The Labute approximate surface area is 99.3 Å². The highest BCUT2D eigenvalue weighted by Crippen LogP contribution is 2.32. The van der Waals surface area contributed by atoms with Gasteiger partial charge in [-0.05, 0) is 30.4 Å². The summed E-state index contributed by atoms with van der Waals surface area (Å²) in [6, 6.07) is 5.52. The van der Waals surface area contributed by atoms with Crippen LogP contribution >= 0.6 is 0 Å². The summed E-state index contributed by atoms with van der Waals surface area (Å²) >= 11 is 0. The fourth-order valence-electron chi connectivity index (χ4n) is 1.65. The van der Waals surface area contributed by atoms with E-state index >= 15 is 0 Å². The highest BCUT2D eigenvalue weighted by molar-refractivity contribution is 5.29. The van der Waals surface area contributed by atoms with E-state index in [1.807, 2.05) is 13.8 Å². The molecule has 1 aromatic carbocycles. The molecule has 0 fully saturated rings. The lowest BCUT2D eigenvalue weighted by Gasteiger charge is -2.16. The maximum atomic E-state index is 12.7. The lowest BCUT2D eigenvalue weighted by Crippen LogP contribution is -2.17. The number of aliphatic hydroxyl groups is 1. The second-order valence-electron chi connectivity index (χ2n) is 4.50. The van der Waals surface area contributed by atoms with Crippen LogP contribution in [-0.2, 0) is 12.6 Å². The molecule has 0 bridgehead atoms. The van der Waals surface area contributed by atoms with Gasteiger partial charge in [-0.3, -0.25) is 0 Å². The Hall–Kier alpha value is -1.03. The van der Waals surface area contributed by atoms with Crippen LogP contribution in [0.4, 0.5) is 13.2 Å². The van der Waals surface area contributed by atoms with E-state index in [1.54, 1.807) is 6.07 Å². The van der Waals surface area contributed by atoms with Gasteiger partial charge < -0.3 is 5.11 Å². The third-order valence-corrected chi connectivity index (χ3v) is 2.80. The van der Waals surface area contributed by atoms with Crippen LogP contribution in [0.3, 0.4) is 0 Å². The van der Waals surface area contributed by atoms with Gasteiger partial charge in [-0.15, -0.1) is 0 Å². The molecule has 0 aromatic heterocycles. The molecule has 1 aromatic rings. The molecule has 4 heteroatoms. The van der Waals surface area contributed by atoms with Crippen LogP contribution in [0.1, 0.15) is 31.4 Å².